The molecule has 2 N–H and O–H groups in total. The summed E-state index contributed by atoms with van der Waals surface area (Å²) in [6, 6.07) is 14.0. The number of halogens is 1. The van der Waals surface area contributed by atoms with Gasteiger partial charge in [0.25, 0.3) is 0 Å². The van der Waals surface area contributed by atoms with Crippen molar-refractivity contribution < 1.29 is 9.47 Å². The van der Waals surface area contributed by atoms with Gasteiger partial charge < -0.3 is 25.0 Å². The van der Waals surface area contributed by atoms with Crippen LogP contribution in [0.4, 0.5) is 5.69 Å². The number of guanidine groups is 1. The number of aliphatic imine (C=N–C) groups is 1. The van der Waals surface area contributed by atoms with E-state index in [9.17, 15) is 0 Å². The number of hydrogen-bond donors (Lipinski definition) is 2. The maximum atomic E-state index is 6.18. The van der Waals surface area contributed by atoms with Crippen molar-refractivity contribution in [3.8, 4) is 11.5 Å². The van der Waals surface area contributed by atoms with Crippen molar-refractivity contribution in [1.82, 2.24) is 10.6 Å². The molecule has 1 aliphatic rings. The summed E-state index contributed by atoms with van der Waals surface area (Å²) in [5.74, 6) is 2.48. The largest absolute Gasteiger partial charge is 0.496 e. The molecule has 0 saturated carbocycles. The zero-order valence-electron chi connectivity index (χ0n) is 16.5. The molecule has 3 rings (SSSR count). The summed E-state index contributed by atoms with van der Waals surface area (Å²) >= 11 is 6.18. The van der Waals surface area contributed by atoms with Gasteiger partial charge in [-0.25, -0.2) is 0 Å². The lowest BCUT2D eigenvalue weighted by Crippen LogP contribution is -2.44. The van der Waals surface area contributed by atoms with E-state index in [1.165, 1.54) is 0 Å². The van der Waals surface area contributed by atoms with E-state index in [0.717, 1.165) is 48.2 Å². The van der Waals surface area contributed by atoms with Crippen LogP contribution in [-0.4, -0.2) is 46.4 Å². The maximum absolute atomic E-state index is 6.18. The van der Waals surface area contributed by atoms with Crippen molar-refractivity contribution in [2.45, 2.75) is 19.0 Å². The van der Waals surface area contributed by atoms with Crippen LogP contribution in [0.5, 0.6) is 11.5 Å². The van der Waals surface area contributed by atoms with E-state index >= 15 is 0 Å². The van der Waals surface area contributed by atoms with E-state index in [-0.39, 0.29) is 6.04 Å². The van der Waals surface area contributed by atoms with E-state index in [1.807, 2.05) is 42.5 Å². The van der Waals surface area contributed by atoms with Gasteiger partial charge in [-0.05, 0) is 30.7 Å². The van der Waals surface area contributed by atoms with Crippen LogP contribution < -0.4 is 25.0 Å². The van der Waals surface area contributed by atoms with Crippen molar-refractivity contribution in [3.63, 3.8) is 0 Å². The number of nitrogens with zero attached hydrogens (tertiary/aromatic N) is 2. The molecule has 0 aliphatic carbocycles. The zero-order chi connectivity index (χ0) is 19.9. The van der Waals surface area contributed by atoms with Gasteiger partial charge in [0.2, 0.25) is 0 Å². The van der Waals surface area contributed by atoms with Gasteiger partial charge in [-0.2, -0.15) is 0 Å². The maximum Gasteiger partial charge on any atom is 0.191 e. The Morgan fingerprint density at radius 2 is 1.96 bits per heavy atom. The fraction of sp³-hybridized carbons (Fsp3) is 0.381. The molecule has 6 nitrogen and oxygen atoms in total. The SMILES string of the molecule is CN=C(NCc1ccccc1OC)NC1CCN(c2cc(Cl)ccc2OC)C1. The first kappa shape index (κ1) is 20.1. The number of rotatable bonds is 6. The highest BCUT2D eigenvalue weighted by Gasteiger charge is 2.25. The molecule has 1 aliphatic heterocycles. The molecule has 1 heterocycles. The van der Waals surface area contributed by atoms with Crippen LogP contribution in [0.15, 0.2) is 47.5 Å². The lowest BCUT2D eigenvalue weighted by molar-refractivity contribution is 0.409. The van der Waals surface area contributed by atoms with Gasteiger partial charge in [0, 0.05) is 43.3 Å². The Morgan fingerprint density at radius 1 is 1.18 bits per heavy atom. The molecular weight excluding hydrogens is 376 g/mol. The summed E-state index contributed by atoms with van der Waals surface area (Å²) in [4.78, 5) is 6.64. The summed E-state index contributed by atoms with van der Waals surface area (Å²) in [6.07, 6.45) is 1.00. The first-order valence-corrected chi connectivity index (χ1v) is 9.70. The first-order chi connectivity index (χ1) is 13.6. The van der Waals surface area contributed by atoms with Gasteiger partial charge in [0.1, 0.15) is 11.5 Å². The van der Waals surface area contributed by atoms with Gasteiger partial charge in [-0.1, -0.05) is 29.8 Å². The zero-order valence-corrected chi connectivity index (χ0v) is 17.3. The molecule has 7 heteroatoms. The third-order valence-electron chi connectivity index (χ3n) is 4.87. The third kappa shape index (κ3) is 4.81. The highest BCUT2D eigenvalue weighted by atomic mass is 35.5. The van der Waals surface area contributed by atoms with E-state index < -0.39 is 0 Å². The van der Waals surface area contributed by atoms with Crippen molar-refractivity contribution in [2.75, 3.05) is 39.3 Å². The fourth-order valence-corrected chi connectivity index (χ4v) is 3.59. The molecule has 1 unspecified atom stereocenters. The monoisotopic (exact) mass is 402 g/mol. The molecule has 1 saturated heterocycles. The Bertz CT molecular complexity index is 828. The minimum Gasteiger partial charge on any atom is -0.496 e. The van der Waals surface area contributed by atoms with E-state index in [2.05, 4.69) is 20.5 Å². The molecule has 0 spiro atoms. The smallest absolute Gasteiger partial charge is 0.191 e. The summed E-state index contributed by atoms with van der Waals surface area (Å²) in [6.45, 7) is 2.42. The molecular formula is C21H27ClN4O2. The minimum atomic E-state index is 0.285. The Balaban J connectivity index is 1.59. The number of nitrogens with one attached hydrogen (secondary N) is 2. The normalized spacial score (nSPS) is 16.8. The predicted octanol–water partition coefficient (Wildman–Crippen LogP) is 3.30. The Hall–Kier alpha value is -2.60. The predicted molar refractivity (Wildman–Crippen MR) is 115 cm³/mol. The second kappa shape index (κ2) is 9.55. The van der Waals surface area contributed by atoms with Crippen molar-refractivity contribution in [2.24, 2.45) is 4.99 Å². The van der Waals surface area contributed by atoms with E-state index in [4.69, 9.17) is 21.1 Å². The molecule has 0 amide bonds. The van der Waals surface area contributed by atoms with Gasteiger partial charge >= 0.3 is 0 Å². The molecule has 0 radical (unpaired) electrons. The van der Waals surface area contributed by atoms with Crippen LogP contribution in [-0.2, 0) is 6.54 Å². The van der Waals surface area contributed by atoms with Crippen molar-refractivity contribution in [1.29, 1.82) is 0 Å². The van der Waals surface area contributed by atoms with Crippen molar-refractivity contribution >= 4 is 23.2 Å². The minimum absolute atomic E-state index is 0.285. The molecule has 1 fully saturated rings. The average Bonchev–Trinajstić information content (AvgIpc) is 3.19. The topological polar surface area (TPSA) is 58.1 Å². The number of benzene rings is 2. The number of hydrogen-bond acceptors (Lipinski definition) is 4. The van der Waals surface area contributed by atoms with Crippen LogP contribution in [0.3, 0.4) is 0 Å². The lowest BCUT2D eigenvalue weighted by Gasteiger charge is -2.22. The Kier molecular flexibility index (Phi) is 6.87. The fourth-order valence-electron chi connectivity index (χ4n) is 3.42. The highest BCUT2D eigenvalue weighted by molar-refractivity contribution is 6.30. The molecule has 0 aromatic heterocycles. The second-order valence-corrected chi connectivity index (χ2v) is 7.07. The number of para-hydroxylation sites is 1. The number of anilines is 1. The van der Waals surface area contributed by atoms with Gasteiger partial charge in [-0.3, -0.25) is 4.99 Å². The Labute approximate surface area is 171 Å². The number of ether oxygens (including phenoxy) is 2. The second-order valence-electron chi connectivity index (χ2n) is 6.63. The summed E-state index contributed by atoms with van der Waals surface area (Å²) in [5, 5.41) is 7.59. The van der Waals surface area contributed by atoms with Crippen LogP contribution in [0.1, 0.15) is 12.0 Å². The molecule has 28 heavy (non-hydrogen) atoms. The lowest BCUT2D eigenvalue weighted by atomic mass is 10.2. The average molecular weight is 403 g/mol. The van der Waals surface area contributed by atoms with E-state index in [0.29, 0.717) is 11.6 Å². The van der Waals surface area contributed by atoms with Gasteiger partial charge in [-0.15, -0.1) is 0 Å². The van der Waals surface area contributed by atoms with E-state index in [1.54, 1.807) is 21.3 Å². The third-order valence-corrected chi connectivity index (χ3v) is 5.11. The van der Waals surface area contributed by atoms with Crippen molar-refractivity contribution in [3.05, 3.63) is 53.1 Å². The Morgan fingerprint density at radius 3 is 2.71 bits per heavy atom. The van der Waals surface area contributed by atoms with Crippen LogP contribution in [0.25, 0.3) is 0 Å². The molecule has 0 bridgehead atoms. The van der Waals surface area contributed by atoms with Crippen LogP contribution in [0, 0.1) is 0 Å². The highest BCUT2D eigenvalue weighted by Crippen LogP contribution is 2.33. The van der Waals surface area contributed by atoms with Crippen LogP contribution >= 0.6 is 11.6 Å². The molecule has 2 aromatic carbocycles. The molecule has 150 valence electrons. The molecule has 2 aromatic rings. The summed E-state index contributed by atoms with van der Waals surface area (Å²) in [7, 11) is 5.15. The van der Waals surface area contributed by atoms with Crippen LogP contribution in [0.2, 0.25) is 5.02 Å². The first-order valence-electron chi connectivity index (χ1n) is 9.32. The molecule has 1 atom stereocenters. The standard InChI is InChI=1S/C21H27ClN4O2/c1-23-21(24-13-15-6-4-5-7-19(15)27-2)25-17-10-11-26(14-17)18-12-16(22)8-9-20(18)28-3/h4-9,12,17H,10-11,13-14H2,1-3H3,(H2,23,24,25). The number of methoxy groups -OCH3 is 2. The summed E-state index contributed by atoms with van der Waals surface area (Å²) < 4.78 is 10.9. The quantitative estimate of drug-likeness (QED) is 0.573. The summed E-state index contributed by atoms with van der Waals surface area (Å²) in [5.41, 5.74) is 2.11. The van der Waals surface area contributed by atoms with Gasteiger partial charge in [0.05, 0.1) is 19.9 Å². The van der Waals surface area contributed by atoms with Gasteiger partial charge in [0.15, 0.2) is 5.96 Å².